The second-order valence-corrected chi connectivity index (χ2v) is 4.37. The molecule has 1 aromatic rings. The number of rotatable bonds is 7. The highest BCUT2D eigenvalue weighted by molar-refractivity contribution is 5.91. The van der Waals surface area contributed by atoms with Crippen LogP contribution in [0, 0.1) is 0 Å². The molecule has 0 aliphatic heterocycles. The number of carbonyl (C=O) groups excluding carboxylic acids is 1. The summed E-state index contributed by atoms with van der Waals surface area (Å²) in [4.78, 5) is 11.7. The van der Waals surface area contributed by atoms with Gasteiger partial charge in [-0.3, -0.25) is 0 Å². The van der Waals surface area contributed by atoms with E-state index in [4.69, 9.17) is 4.74 Å². The molecule has 0 unspecified atom stereocenters. The van der Waals surface area contributed by atoms with E-state index in [1.807, 2.05) is 0 Å². The van der Waals surface area contributed by atoms with Gasteiger partial charge in [0.15, 0.2) is 17.2 Å². The van der Waals surface area contributed by atoms with Gasteiger partial charge < -0.3 is 20.1 Å². The Morgan fingerprint density at radius 1 is 1.15 bits per heavy atom. The predicted molar refractivity (Wildman–Crippen MR) is 75.0 cm³/mol. The molecule has 0 heterocycles. The molecule has 1 aromatic carbocycles. The maximum atomic E-state index is 11.7. The van der Waals surface area contributed by atoms with Gasteiger partial charge in [-0.05, 0) is 37.8 Å². The molecule has 0 amide bonds. The zero-order chi connectivity index (χ0) is 15.0. The van der Waals surface area contributed by atoms with Crippen molar-refractivity contribution in [1.82, 2.24) is 0 Å². The molecule has 0 aliphatic carbocycles. The highest BCUT2D eigenvalue weighted by Gasteiger charge is 2.14. The predicted octanol–water partition coefficient (Wildman–Crippen LogP) is 3.10. The van der Waals surface area contributed by atoms with Gasteiger partial charge in [0.25, 0.3) is 0 Å². The van der Waals surface area contributed by atoms with E-state index < -0.39 is 23.2 Å². The zero-order valence-corrected chi connectivity index (χ0v) is 11.5. The van der Waals surface area contributed by atoms with E-state index in [9.17, 15) is 20.1 Å². The lowest BCUT2D eigenvalue weighted by atomic mass is 10.2. The van der Waals surface area contributed by atoms with Gasteiger partial charge in [-0.2, -0.15) is 0 Å². The summed E-state index contributed by atoms with van der Waals surface area (Å²) in [5.41, 5.74) is 0.00341. The highest BCUT2D eigenvalue weighted by atomic mass is 16.5. The number of allylic oxidation sites excluding steroid dienone is 2. The Bertz CT molecular complexity index is 456. The number of hydrogen-bond acceptors (Lipinski definition) is 5. The summed E-state index contributed by atoms with van der Waals surface area (Å²) in [5, 5.41) is 27.8. The molecule has 0 aliphatic rings. The summed E-state index contributed by atoms with van der Waals surface area (Å²) >= 11 is 0. The number of ether oxygens (including phenoxy) is 1. The van der Waals surface area contributed by atoms with Crippen molar-refractivity contribution < 1.29 is 24.9 Å². The third-order valence-electron chi connectivity index (χ3n) is 2.71. The van der Waals surface area contributed by atoms with E-state index in [0.29, 0.717) is 0 Å². The van der Waals surface area contributed by atoms with E-state index in [2.05, 4.69) is 19.1 Å². The van der Waals surface area contributed by atoms with Crippen LogP contribution < -0.4 is 0 Å². The van der Waals surface area contributed by atoms with Gasteiger partial charge >= 0.3 is 5.97 Å². The van der Waals surface area contributed by atoms with Crippen molar-refractivity contribution in [3.63, 3.8) is 0 Å². The molecule has 0 fully saturated rings. The number of aromatic hydroxyl groups is 3. The van der Waals surface area contributed by atoms with Gasteiger partial charge in [-0.15, -0.1) is 0 Å². The van der Waals surface area contributed by atoms with Crippen molar-refractivity contribution in [2.45, 2.75) is 32.6 Å². The number of unbranched alkanes of at least 4 members (excludes halogenated alkanes) is 2. The van der Waals surface area contributed by atoms with Crippen LogP contribution in [0.1, 0.15) is 43.0 Å². The van der Waals surface area contributed by atoms with E-state index in [0.717, 1.165) is 37.8 Å². The third kappa shape index (κ3) is 4.84. The van der Waals surface area contributed by atoms with Crippen molar-refractivity contribution in [2.24, 2.45) is 0 Å². The fourth-order valence-electron chi connectivity index (χ4n) is 1.62. The van der Waals surface area contributed by atoms with Crippen LogP contribution in [0.4, 0.5) is 0 Å². The average Bonchev–Trinajstić information content (AvgIpc) is 2.43. The van der Waals surface area contributed by atoms with Crippen molar-refractivity contribution in [2.75, 3.05) is 6.61 Å². The van der Waals surface area contributed by atoms with E-state index >= 15 is 0 Å². The molecule has 0 aromatic heterocycles. The van der Waals surface area contributed by atoms with Gasteiger partial charge in [0.1, 0.15) is 0 Å². The molecule has 0 radical (unpaired) electrons. The Morgan fingerprint density at radius 2 is 1.80 bits per heavy atom. The molecule has 3 N–H and O–H groups in total. The number of esters is 1. The van der Waals surface area contributed by atoms with E-state index in [1.165, 1.54) is 0 Å². The van der Waals surface area contributed by atoms with Crippen LogP contribution in [-0.4, -0.2) is 27.9 Å². The first kappa shape index (κ1) is 15.9. The molecule has 5 heteroatoms. The van der Waals surface area contributed by atoms with Crippen LogP contribution in [0.5, 0.6) is 17.2 Å². The van der Waals surface area contributed by atoms with Gasteiger partial charge in [0.2, 0.25) is 0 Å². The molecule has 0 spiro atoms. The first-order valence-corrected chi connectivity index (χ1v) is 6.63. The lowest BCUT2D eigenvalue weighted by molar-refractivity contribution is 0.0497. The average molecular weight is 280 g/mol. The minimum Gasteiger partial charge on any atom is -0.504 e. The van der Waals surface area contributed by atoms with Crippen LogP contribution in [0.25, 0.3) is 0 Å². The molecule has 5 nitrogen and oxygen atoms in total. The number of benzene rings is 1. The summed E-state index contributed by atoms with van der Waals surface area (Å²) in [6.07, 6.45) is 7.83. The van der Waals surface area contributed by atoms with Crippen LogP contribution in [0.15, 0.2) is 24.3 Å². The summed E-state index contributed by atoms with van der Waals surface area (Å²) in [7, 11) is 0. The quantitative estimate of drug-likeness (QED) is 0.309. The third-order valence-corrected chi connectivity index (χ3v) is 2.71. The fourth-order valence-corrected chi connectivity index (χ4v) is 1.62. The summed E-state index contributed by atoms with van der Waals surface area (Å²) in [5.74, 6) is -2.40. The number of phenolic OH excluding ortho intramolecular Hbond substituents is 3. The lowest BCUT2D eigenvalue weighted by Gasteiger charge is -2.06. The second kappa shape index (κ2) is 8.09. The maximum absolute atomic E-state index is 11.7. The molecule has 0 atom stereocenters. The Balaban J connectivity index is 2.38. The van der Waals surface area contributed by atoms with Crippen molar-refractivity contribution in [3.8, 4) is 17.2 Å². The van der Waals surface area contributed by atoms with Gasteiger partial charge in [-0.1, -0.05) is 19.1 Å². The zero-order valence-electron chi connectivity index (χ0n) is 11.5. The van der Waals surface area contributed by atoms with Crippen molar-refractivity contribution >= 4 is 5.97 Å². The Labute approximate surface area is 118 Å². The van der Waals surface area contributed by atoms with Crippen LogP contribution >= 0.6 is 0 Å². The van der Waals surface area contributed by atoms with Gasteiger partial charge in [0.05, 0.1) is 12.2 Å². The Kier molecular flexibility index (Phi) is 6.43. The maximum Gasteiger partial charge on any atom is 0.338 e. The van der Waals surface area contributed by atoms with Crippen LogP contribution in [0.2, 0.25) is 0 Å². The van der Waals surface area contributed by atoms with Crippen LogP contribution in [-0.2, 0) is 4.74 Å². The highest BCUT2D eigenvalue weighted by Crippen LogP contribution is 2.35. The minimum atomic E-state index is -0.649. The Morgan fingerprint density at radius 3 is 2.40 bits per heavy atom. The largest absolute Gasteiger partial charge is 0.504 e. The molecule has 1 rings (SSSR count). The first-order chi connectivity index (χ1) is 9.56. The van der Waals surface area contributed by atoms with E-state index in [1.54, 1.807) is 0 Å². The normalized spacial score (nSPS) is 10.8. The molecular formula is C15H20O5. The number of hydrogen-bond donors (Lipinski definition) is 3. The number of carbonyl (C=O) groups is 1. The molecule has 110 valence electrons. The fraction of sp³-hybridized carbons (Fsp3) is 0.400. The summed E-state index contributed by atoms with van der Waals surface area (Å²) in [6.45, 7) is 2.35. The van der Waals surface area contributed by atoms with Crippen molar-refractivity contribution in [1.29, 1.82) is 0 Å². The Hall–Kier alpha value is -2.17. The summed E-state index contributed by atoms with van der Waals surface area (Å²) < 4.78 is 5.02. The second-order valence-electron chi connectivity index (χ2n) is 4.37. The SMILES string of the molecule is CC/C=C\CCCCOC(=O)c1cc(O)c(O)c(O)c1. The van der Waals surface area contributed by atoms with Crippen molar-refractivity contribution in [3.05, 3.63) is 29.8 Å². The minimum absolute atomic E-state index is 0.00341. The lowest BCUT2D eigenvalue weighted by Crippen LogP contribution is -2.06. The smallest absolute Gasteiger partial charge is 0.338 e. The summed E-state index contributed by atoms with van der Waals surface area (Å²) in [6, 6.07) is 2.11. The molecular weight excluding hydrogens is 260 g/mol. The van der Waals surface area contributed by atoms with Gasteiger partial charge in [0, 0.05) is 0 Å². The van der Waals surface area contributed by atoms with E-state index in [-0.39, 0.29) is 12.2 Å². The van der Waals surface area contributed by atoms with Gasteiger partial charge in [-0.25, -0.2) is 4.79 Å². The molecule has 0 saturated heterocycles. The number of phenols is 3. The topological polar surface area (TPSA) is 87.0 Å². The van der Waals surface area contributed by atoms with Crippen LogP contribution in [0.3, 0.4) is 0 Å². The monoisotopic (exact) mass is 280 g/mol. The molecule has 0 bridgehead atoms. The first-order valence-electron chi connectivity index (χ1n) is 6.63. The standard InChI is InChI=1S/C15H20O5/c1-2-3-4-5-6-7-8-20-15(19)11-9-12(16)14(18)13(17)10-11/h3-4,9-10,16-18H,2,5-8H2,1H3/b4-3-. The molecule has 0 saturated carbocycles. The molecule has 20 heavy (non-hydrogen) atoms.